The number of aromatic nitrogens is 2. The van der Waals surface area contributed by atoms with Crippen LogP contribution in [-0.4, -0.2) is 27.1 Å². The zero-order chi connectivity index (χ0) is 15.6. The van der Waals surface area contributed by atoms with Crippen molar-refractivity contribution in [1.82, 2.24) is 10.1 Å². The number of carbonyl (C=O) groups excluding carboxylic acids is 1. The molecule has 2 N–H and O–H groups in total. The van der Waals surface area contributed by atoms with Gasteiger partial charge in [0.1, 0.15) is 0 Å². The van der Waals surface area contributed by atoms with Crippen molar-refractivity contribution in [1.29, 1.82) is 0 Å². The van der Waals surface area contributed by atoms with Gasteiger partial charge in [0.15, 0.2) is 0 Å². The molecule has 1 aromatic heterocycles. The van der Waals surface area contributed by atoms with Gasteiger partial charge in [0.25, 0.3) is 0 Å². The molecular weight excluding hydrogens is 295 g/mol. The van der Waals surface area contributed by atoms with Crippen LogP contribution in [0.4, 0.5) is 18.9 Å². The highest BCUT2D eigenvalue weighted by Crippen LogP contribution is 2.29. The molecule has 110 valence electrons. The number of carboxylic acids is 1. The molecule has 0 bridgehead atoms. The van der Waals surface area contributed by atoms with E-state index < -0.39 is 23.9 Å². The van der Waals surface area contributed by atoms with E-state index in [2.05, 4.69) is 20.0 Å². The minimum atomic E-state index is -4.74. The summed E-state index contributed by atoms with van der Waals surface area (Å²) in [6.45, 7) is 0. The van der Waals surface area contributed by atoms with Gasteiger partial charge in [-0.1, -0.05) is 5.16 Å². The van der Waals surface area contributed by atoms with Gasteiger partial charge in [0, 0.05) is 11.3 Å². The average molecular weight is 301 g/mol. The summed E-state index contributed by atoms with van der Waals surface area (Å²) in [4.78, 5) is 24.4. The van der Waals surface area contributed by atoms with Crippen LogP contribution >= 0.6 is 0 Å². The van der Waals surface area contributed by atoms with Crippen molar-refractivity contribution >= 4 is 17.6 Å². The number of nitrogens with one attached hydrogen (secondary N) is 1. The molecule has 0 atom stereocenters. The Bertz CT molecular complexity index is 679. The summed E-state index contributed by atoms with van der Waals surface area (Å²) in [6.07, 6.45) is -4.74. The zero-order valence-corrected chi connectivity index (χ0v) is 10.0. The first-order chi connectivity index (χ1) is 9.77. The normalized spacial score (nSPS) is 11.2. The van der Waals surface area contributed by atoms with Gasteiger partial charge in [-0.2, -0.15) is 18.2 Å². The number of anilines is 1. The number of aliphatic carboxylic acids is 1. The lowest BCUT2D eigenvalue weighted by Crippen LogP contribution is -2.21. The van der Waals surface area contributed by atoms with Gasteiger partial charge in [0.2, 0.25) is 5.82 Å². The standard InChI is InChI=1S/C11H6F3N3O4/c12-11(13,14)10-16-7(17-21-10)5-1-3-6(4-2-5)15-8(18)9(19)20/h1-4H,(H,15,18)(H,19,20). The minimum Gasteiger partial charge on any atom is -0.474 e. The number of carboxylic acid groups (broad SMARTS) is 1. The number of rotatable bonds is 2. The highest BCUT2D eigenvalue weighted by Gasteiger charge is 2.38. The fraction of sp³-hybridized carbons (Fsp3) is 0.0909. The maximum absolute atomic E-state index is 12.3. The molecule has 1 aromatic carbocycles. The number of benzene rings is 1. The average Bonchev–Trinajstić information content (AvgIpc) is 2.89. The number of alkyl halides is 3. The Morgan fingerprint density at radius 2 is 1.81 bits per heavy atom. The van der Waals surface area contributed by atoms with Gasteiger partial charge < -0.3 is 14.9 Å². The lowest BCUT2D eigenvalue weighted by Gasteiger charge is -2.02. The molecule has 1 heterocycles. The highest BCUT2D eigenvalue weighted by molar-refractivity contribution is 6.36. The molecule has 21 heavy (non-hydrogen) atoms. The van der Waals surface area contributed by atoms with Crippen LogP contribution in [0.1, 0.15) is 5.89 Å². The first-order valence-electron chi connectivity index (χ1n) is 5.33. The zero-order valence-electron chi connectivity index (χ0n) is 10.0. The second-order valence-electron chi connectivity index (χ2n) is 3.76. The maximum Gasteiger partial charge on any atom is 0.471 e. The maximum atomic E-state index is 12.3. The van der Waals surface area contributed by atoms with Crippen molar-refractivity contribution < 1.29 is 32.4 Å². The smallest absolute Gasteiger partial charge is 0.471 e. The third-order valence-corrected chi connectivity index (χ3v) is 2.26. The third-order valence-electron chi connectivity index (χ3n) is 2.26. The minimum absolute atomic E-state index is 0.158. The molecule has 0 radical (unpaired) electrons. The van der Waals surface area contributed by atoms with Crippen LogP contribution in [0, 0.1) is 0 Å². The van der Waals surface area contributed by atoms with Crippen LogP contribution in [0.2, 0.25) is 0 Å². The monoisotopic (exact) mass is 301 g/mol. The first-order valence-corrected chi connectivity index (χ1v) is 5.33. The fourth-order valence-electron chi connectivity index (χ4n) is 1.34. The molecule has 2 aromatic rings. The molecule has 1 amide bonds. The van der Waals surface area contributed by atoms with Gasteiger partial charge >= 0.3 is 23.9 Å². The predicted octanol–water partition coefficient (Wildman–Crippen LogP) is 1.78. The molecule has 0 aliphatic rings. The Morgan fingerprint density at radius 1 is 1.19 bits per heavy atom. The lowest BCUT2D eigenvalue weighted by atomic mass is 10.2. The molecule has 0 spiro atoms. The Hall–Kier alpha value is -2.91. The van der Waals surface area contributed by atoms with Crippen molar-refractivity contribution in [2.24, 2.45) is 0 Å². The largest absolute Gasteiger partial charge is 0.474 e. The van der Waals surface area contributed by atoms with Crippen molar-refractivity contribution in [3.05, 3.63) is 30.2 Å². The quantitative estimate of drug-likeness (QED) is 0.819. The number of amides is 1. The SMILES string of the molecule is O=C(O)C(=O)Nc1ccc(-c2noc(C(F)(F)F)n2)cc1. The lowest BCUT2D eigenvalue weighted by molar-refractivity contribution is -0.159. The van der Waals surface area contributed by atoms with Crippen LogP contribution in [0.5, 0.6) is 0 Å². The topological polar surface area (TPSA) is 105 Å². The predicted molar refractivity (Wildman–Crippen MR) is 61.0 cm³/mol. The summed E-state index contributed by atoms with van der Waals surface area (Å²) in [5, 5.41) is 13.7. The van der Waals surface area contributed by atoms with E-state index in [1.165, 1.54) is 24.3 Å². The molecule has 0 unspecified atom stereocenters. The van der Waals surface area contributed by atoms with Crippen LogP contribution < -0.4 is 5.32 Å². The summed E-state index contributed by atoms with van der Waals surface area (Å²) in [5.41, 5.74) is 0.369. The van der Waals surface area contributed by atoms with Crippen LogP contribution in [-0.2, 0) is 15.8 Å². The Labute approximate surface area is 114 Å². The first kappa shape index (κ1) is 14.5. The van der Waals surface area contributed by atoms with E-state index in [0.717, 1.165) is 0 Å². The van der Waals surface area contributed by atoms with Crippen LogP contribution in [0.3, 0.4) is 0 Å². The number of nitrogens with zero attached hydrogens (tertiary/aromatic N) is 2. The van der Waals surface area contributed by atoms with Crippen molar-refractivity contribution in [3.63, 3.8) is 0 Å². The van der Waals surface area contributed by atoms with Crippen molar-refractivity contribution in [2.45, 2.75) is 6.18 Å². The summed E-state index contributed by atoms with van der Waals surface area (Å²) < 4.78 is 41.0. The fourth-order valence-corrected chi connectivity index (χ4v) is 1.34. The van der Waals surface area contributed by atoms with Crippen LogP contribution in [0.25, 0.3) is 11.4 Å². The number of halogens is 3. The van der Waals surface area contributed by atoms with Crippen molar-refractivity contribution in [2.75, 3.05) is 5.32 Å². The molecule has 0 aliphatic carbocycles. The number of hydrogen-bond acceptors (Lipinski definition) is 5. The molecular formula is C11H6F3N3O4. The molecule has 0 aliphatic heterocycles. The van der Waals surface area contributed by atoms with E-state index in [1.807, 2.05) is 0 Å². The second-order valence-corrected chi connectivity index (χ2v) is 3.76. The van der Waals surface area contributed by atoms with Crippen molar-refractivity contribution in [3.8, 4) is 11.4 Å². The molecule has 0 fully saturated rings. The van der Waals surface area contributed by atoms with E-state index in [1.54, 1.807) is 0 Å². The summed E-state index contributed by atoms with van der Waals surface area (Å²) in [7, 11) is 0. The van der Waals surface area contributed by atoms with Crippen LogP contribution in [0.15, 0.2) is 28.8 Å². The molecule has 0 saturated carbocycles. The van der Waals surface area contributed by atoms with Gasteiger partial charge in [-0.3, -0.25) is 4.79 Å². The van der Waals surface area contributed by atoms with E-state index in [4.69, 9.17) is 5.11 Å². The van der Waals surface area contributed by atoms with E-state index in [0.29, 0.717) is 0 Å². The summed E-state index contributed by atoms with van der Waals surface area (Å²) in [5.74, 6) is -4.65. The second kappa shape index (κ2) is 5.23. The molecule has 0 saturated heterocycles. The van der Waals surface area contributed by atoms with E-state index in [9.17, 15) is 22.8 Å². The van der Waals surface area contributed by atoms with Gasteiger partial charge in [-0.25, -0.2) is 4.79 Å². The summed E-state index contributed by atoms with van der Waals surface area (Å²) in [6, 6.07) is 5.20. The molecule has 7 nitrogen and oxygen atoms in total. The summed E-state index contributed by atoms with van der Waals surface area (Å²) >= 11 is 0. The van der Waals surface area contributed by atoms with Gasteiger partial charge in [-0.05, 0) is 24.3 Å². The molecule has 2 rings (SSSR count). The third kappa shape index (κ3) is 3.35. The van der Waals surface area contributed by atoms with E-state index >= 15 is 0 Å². The Morgan fingerprint density at radius 3 is 2.29 bits per heavy atom. The van der Waals surface area contributed by atoms with E-state index in [-0.39, 0.29) is 17.1 Å². The number of carbonyl (C=O) groups is 2. The highest BCUT2D eigenvalue weighted by atomic mass is 19.4. The molecule has 10 heteroatoms. The Balaban J connectivity index is 2.17. The van der Waals surface area contributed by atoms with Gasteiger partial charge in [-0.15, -0.1) is 0 Å². The Kier molecular flexibility index (Phi) is 3.61. The number of hydrogen-bond donors (Lipinski definition) is 2. The van der Waals surface area contributed by atoms with Gasteiger partial charge in [0.05, 0.1) is 0 Å².